The van der Waals surface area contributed by atoms with E-state index in [1.807, 2.05) is 48.6 Å². The average Bonchev–Trinajstić information content (AvgIpc) is 2.73. The highest BCUT2D eigenvalue weighted by Gasteiger charge is 2.29. The maximum Gasteiger partial charge on any atom is 0.202 e. The Morgan fingerprint density at radius 3 is 2.45 bits per heavy atom. The summed E-state index contributed by atoms with van der Waals surface area (Å²) in [6.07, 6.45) is 2.87. The number of ether oxygens (including phenoxy) is 2. The van der Waals surface area contributed by atoms with Gasteiger partial charge in [-0.2, -0.15) is 0 Å². The molecule has 3 unspecified atom stereocenters. The zero-order valence-corrected chi connectivity index (χ0v) is 15.9. The highest BCUT2D eigenvalue weighted by Crippen LogP contribution is 2.31. The van der Waals surface area contributed by atoms with Crippen LogP contribution >= 0.6 is 0 Å². The monoisotopic (exact) mass is 394 g/mol. The smallest absolute Gasteiger partial charge is 0.202 e. The Kier molecular flexibility index (Phi) is 5.90. The molecule has 1 aliphatic heterocycles. The zero-order valence-electron chi connectivity index (χ0n) is 15.9. The molecule has 1 aliphatic rings. The molecule has 3 aromatic rings. The number of benzene rings is 3. The average molecular weight is 394 g/mol. The van der Waals surface area contributed by atoms with Gasteiger partial charge < -0.3 is 19.7 Å². The van der Waals surface area contributed by atoms with E-state index in [4.69, 9.17) is 9.47 Å². The van der Waals surface area contributed by atoms with E-state index < -0.39 is 18.5 Å². The normalized spacial score (nSPS) is 22.2. The quantitative estimate of drug-likeness (QED) is 0.631. The van der Waals surface area contributed by atoms with Crippen molar-refractivity contribution in [2.24, 2.45) is 0 Å². The van der Waals surface area contributed by atoms with Crippen LogP contribution in [0, 0.1) is 5.82 Å². The number of halogens is 1. The molecule has 0 aromatic heterocycles. The number of hydrogen-bond acceptors (Lipinski definition) is 4. The molecule has 1 heterocycles. The fourth-order valence-corrected chi connectivity index (χ4v) is 3.51. The van der Waals surface area contributed by atoms with Crippen molar-refractivity contribution in [2.45, 2.75) is 31.3 Å². The topological polar surface area (TPSA) is 58.9 Å². The predicted octanol–water partition coefficient (Wildman–Crippen LogP) is 4.39. The maximum atomic E-state index is 13.1. The highest BCUT2D eigenvalue weighted by molar-refractivity contribution is 5.88. The van der Waals surface area contributed by atoms with Gasteiger partial charge in [-0.1, -0.05) is 48.6 Å². The van der Waals surface area contributed by atoms with Crippen LogP contribution in [0.25, 0.3) is 22.9 Å². The summed E-state index contributed by atoms with van der Waals surface area (Å²) >= 11 is 0. The molecule has 1 fully saturated rings. The van der Waals surface area contributed by atoms with Crippen molar-refractivity contribution in [3.05, 3.63) is 77.6 Å². The van der Waals surface area contributed by atoms with Crippen LogP contribution in [0.1, 0.15) is 24.0 Å². The molecular weight excluding hydrogens is 371 g/mol. The van der Waals surface area contributed by atoms with Gasteiger partial charge in [0.25, 0.3) is 0 Å². The lowest BCUT2D eigenvalue weighted by molar-refractivity contribution is -0.184. The molecule has 1 saturated heterocycles. The minimum absolute atomic E-state index is 0.161. The highest BCUT2D eigenvalue weighted by atomic mass is 19.1. The van der Waals surface area contributed by atoms with Crippen LogP contribution in [0.3, 0.4) is 0 Å². The van der Waals surface area contributed by atoms with Gasteiger partial charge in [0, 0.05) is 18.4 Å². The SMILES string of the molecule is OCC1CC(O)CC(Oc2cc3ccccc3cc2/C=C/c2ccc(F)cc2)O1. The van der Waals surface area contributed by atoms with Crippen LogP contribution in [0.2, 0.25) is 0 Å². The van der Waals surface area contributed by atoms with Gasteiger partial charge in [-0.05, 0) is 40.6 Å². The third-order valence-corrected chi connectivity index (χ3v) is 5.01. The van der Waals surface area contributed by atoms with Crippen molar-refractivity contribution >= 4 is 22.9 Å². The molecule has 0 amide bonds. The molecular formula is C24H23FO4. The van der Waals surface area contributed by atoms with Gasteiger partial charge in [0.1, 0.15) is 11.6 Å². The molecule has 5 heteroatoms. The van der Waals surface area contributed by atoms with Crippen molar-refractivity contribution in [1.29, 1.82) is 0 Å². The van der Waals surface area contributed by atoms with Crippen LogP contribution in [-0.4, -0.2) is 35.3 Å². The molecule has 150 valence electrons. The third-order valence-electron chi connectivity index (χ3n) is 5.01. The first-order chi connectivity index (χ1) is 14.1. The van der Waals surface area contributed by atoms with E-state index in [0.717, 1.165) is 21.9 Å². The van der Waals surface area contributed by atoms with Gasteiger partial charge in [0.15, 0.2) is 0 Å². The molecule has 3 atom stereocenters. The Balaban J connectivity index is 1.65. The largest absolute Gasteiger partial charge is 0.464 e. The lowest BCUT2D eigenvalue weighted by Gasteiger charge is -2.32. The van der Waals surface area contributed by atoms with Crippen LogP contribution in [-0.2, 0) is 4.74 Å². The molecule has 4 nitrogen and oxygen atoms in total. The van der Waals surface area contributed by atoms with Crippen molar-refractivity contribution in [3.63, 3.8) is 0 Å². The van der Waals surface area contributed by atoms with E-state index in [9.17, 15) is 14.6 Å². The van der Waals surface area contributed by atoms with E-state index in [0.29, 0.717) is 18.6 Å². The summed E-state index contributed by atoms with van der Waals surface area (Å²) in [5, 5.41) is 21.5. The number of fused-ring (bicyclic) bond motifs is 1. The summed E-state index contributed by atoms with van der Waals surface area (Å²) < 4.78 is 25.0. The Morgan fingerprint density at radius 2 is 1.72 bits per heavy atom. The number of aliphatic hydroxyl groups excluding tert-OH is 2. The van der Waals surface area contributed by atoms with E-state index in [1.54, 1.807) is 12.1 Å². The summed E-state index contributed by atoms with van der Waals surface area (Å²) in [5.74, 6) is 0.348. The molecule has 0 aliphatic carbocycles. The lowest BCUT2D eigenvalue weighted by atomic mass is 10.0. The molecule has 3 aromatic carbocycles. The van der Waals surface area contributed by atoms with Crippen molar-refractivity contribution in [3.8, 4) is 5.75 Å². The first-order valence-corrected chi connectivity index (χ1v) is 9.68. The maximum absolute atomic E-state index is 13.1. The Labute approximate surface area is 168 Å². The van der Waals surface area contributed by atoms with Gasteiger partial charge in [0.05, 0.1) is 18.8 Å². The van der Waals surface area contributed by atoms with Gasteiger partial charge in [-0.15, -0.1) is 0 Å². The molecule has 0 spiro atoms. The molecule has 0 saturated carbocycles. The summed E-state index contributed by atoms with van der Waals surface area (Å²) in [7, 11) is 0. The first-order valence-electron chi connectivity index (χ1n) is 9.68. The van der Waals surface area contributed by atoms with Crippen molar-refractivity contribution in [1.82, 2.24) is 0 Å². The van der Waals surface area contributed by atoms with E-state index in [1.165, 1.54) is 12.1 Å². The van der Waals surface area contributed by atoms with E-state index >= 15 is 0 Å². The molecule has 0 bridgehead atoms. The van der Waals surface area contributed by atoms with Gasteiger partial charge >= 0.3 is 0 Å². The standard InChI is InChI=1S/C24H23FO4/c25-20-9-6-16(7-10-20)5-8-19-11-17-3-1-2-4-18(17)12-23(19)29-24-14-21(27)13-22(15-26)28-24/h1-12,21-22,24,26-27H,13-15H2/b8-5+. The van der Waals surface area contributed by atoms with Crippen LogP contribution in [0.4, 0.5) is 4.39 Å². The molecule has 2 N–H and O–H groups in total. The Hall–Kier alpha value is -2.73. The van der Waals surface area contributed by atoms with Gasteiger partial charge in [-0.25, -0.2) is 4.39 Å². The minimum Gasteiger partial charge on any atom is -0.464 e. The molecule has 29 heavy (non-hydrogen) atoms. The zero-order chi connectivity index (χ0) is 20.2. The van der Waals surface area contributed by atoms with Crippen LogP contribution < -0.4 is 4.74 Å². The summed E-state index contributed by atoms with van der Waals surface area (Å²) in [6.45, 7) is -0.161. The van der Waals surface area contributed by atoms with Crippen LogP contribution in [0.5, 0.6) is 5.75 Å². The summed E-state index contributed by atoms with van der Waals surface area (Å²) in [4.78, 5) is 0. The first kappa shape index (κ1) is 19.6. The van der Waals surface area contributed by atoms with Crippen molar-refractivity contribution < 1.29 is 24.1 Å². The third kappa shape index (κ3) is 4.82. The second kappa shape index (κ2) is 8.74. The van der Waals surface area contributed by atoms with E-state index in [-0.39, 0.29) is 12.4 Å². The lowest BCUT2D eigenvalue weighted by Crippen LogP contribution is -2.40. The van der Waals surface area contributed by atoms with Gasteiger partial charge in [0.2, 0.25) is 6.29 Å². The second-order valence-electron chi connectivity index (χ2n) is 7.24. The predicted molar refractivity (Wildman–Crippen MR) is 111 cm³/mol. The second-order valence-corrected chi connectivity index (χ2v) is 7.24. The Morgan fingerprint density at radius 1 is 1.00 bits per heavy atom. The molecule has 0 radical (unpaired) electrons. The summed E-state index contributed by atoms with van der Waals surface area (Å²) in [5.41, 5.74) is 1.72. The Bertz CT molecular complexity index is 999. The van der Waals surface area contributed by atoms with E-state index in [2.05, 4.69) is 0 Å². The number of aliphatic hydroxyl groups is 2. The van der Waals surface area contributed by atoms with Crippen molar-refractivity contribution in [2.75, 3.05) is 6.61 Å². The fourth-order valence-electron chi connectivity index (χ4n) is 3.51. The number of rotatable bonds is 5. The van der Waals surface area contributed by atoms with Gasteiger partial charge in [-0.3, -0.25) is 0 Å². The summed E-state index contributed by atoms with van der Waals surface area (Å²) in [6, 6.07) is 18.2. The fraction of sp³-hybridized carbons (Fsp3) is 0.250. The minimum atomic E-state index is -0.643. The van der Waals surface area contributed by atoms with Crippen LogP contribution in [0.15, 0.2) is 60.7 Å². The molecule has 4 rings (SSSR count). The number of hydrogen-bond donors (Lipinski definition) is 2.